The molecule has 0 unspecified atom stereocenters. The molecule has 1 aliphatic rings. The van der Waals surface area contributed by atoms with Gasteiger partial charge in [-0.1, -0.05) is 13.8 Å². The molecule has 0 aromatic heterocycles. The van der Waals surface area contributed by atoms with Crippen LogP contribution >= 0.6 is 0 Å². The summed E-state index contributed by atoms with van der Waals surface area (Å²) in [6, 6.07) is -0.123. The van der Waals surface area contributed by atoms with E-state index in [0.717, 1.165) is 25.9 Å². The number of carbonyl (C=O) groups is 2. The van der Waals surface area contributed by atoms with E-state index in [1.807, 2.05) is 13.8 Å². The molecule has 0 aromatic carbocycles. The van der Waals surface area contributed by atoms with Crippen LogP contribution in [0.1, 0.15) is 46.0 Å². The molecule has 2 amide bonds. The summed E-state index contributed by atoms with van der Waals surface area (Å²) in [7, 11) is 0. The molecule has 18 heavy (non-hydrogen) atoms. The molecule has 0 aromatic rings. The van der Waals surface area contributed by atoms with Crippen molar-refractivity contribution in [1.29, 1.82) is 0 Å². The van der Waals surface area contributed by atoms with Gasteiger partial charge in [0.25, 0.3) is 0 Å². The van der Waals surface area contributed by atoms with Crippen molar-refractivity contribution in [3.05, 3.63) is 0 Å². The van der Waals surface area contributed by atoms with Crippen molar-refractivity contribution in [2.45, 2.75) is 46.0 Å². The van der Waals surface area contributed by atoms with Gasteiger partial charge in [0.1, 0.15) is 0 Å². The van der Waals surface area contributed by atoms with E-state index in [1.165, 1.54) is 6.42 Å². The highest BCUT2D eigenvalue weighted by molar-refractivity contribution is 5.78. The van der Waals surface area contributed by atoms with Gasteiger partial charge in [-0.3, -0.25) is 4.79 Å². The van der Waals surface area contributed by atoms with E-state index in [9.17, 15) is 14.7 Å². The first-order chi connectivity index (χ1) is 8.55. The number of urea groups is 1. The van der Waals surface area contributed by atoms with Crippen molar-refractivity contribution < 1.29 is 14.7 Å². The van der Waals surface area contributed by atoms with Gasteiger partial charge in [-0.25, -0.2) is 4.79 Å². The maximum absolute atomic E-state index is 11.9. The van der Waals surface area contributed by atoms with Crippen LogP contribution in [0, 0.1) is 5.41 Å². The number of carbonyl (C=O) groups excluding carboxylic acids is 1. The lowest BCUT2D eigenvalue weighted by Gasteiger charge is -2.31. The van der Waals surface area contributed by atoms with E-state index in [-0.39, 0.29) is 12.6 Å². The van der Waals surface area contributed by atoms with E-state index >= 15 is 0 Å². The summed E-state index contributed by atoms with van der Waals surface area (Å²) in [5, 5.41) is 12.1. The van der Waals surface area contributed by atoms with Gasteiger partial charge in [-0.05, 0) is 32.1 Å². The van der Waals surface area contributed by atoms with Crippen LogP contribution < -0.4 is 5.32 Å². The predicted molar refractivity (Wildman–Crippen MR) is 69.5 cm³/mol. The molecule has 1 saturated heterocycles. The van der Waals surface area contributed by atoms with Gasteiger partial charge in [-0.2, -0.15) is 0 Å². The highest BCUT2D eigenvalue weighted by Crippen LogP contribution is 2.25. The van der Waals surface area contributed by atoms with Crippen LogP contribution in [0.3, 0.4) is 0 Å². The van der Waals surface area contributed by atoms with Crippen LogP contribution in [0.2, 0.25) is 0 Å². The number of hydrogen-bond donors (Lipinski definition) is 2. The number of carboxylic acids is 1. The molecular weight excluding hydrogens is 232 g/mol. The number of piperidine rings is 1. The fraction of sp³-hybridized carbons (Fsp3) is 0.846. The molecule has 5 heteroatoms. The van der Waals surface area contributed by atoms with Crippen molar-refractivity contribution in [2.75, 3.05) is 19.6 Å². The van der Waals surface area contributed by atoms with E-state index in [4.69, 9.17) is 0 Å². The molecule has 0 radical (unpaired) electrons. The summed E-state index contributed by atoms with van der Waals surface area (Å²) in [4.78, 5) is 25.0. The molecule has 0 aliphatic carbocycles. The van der Waals surface area contributed by atoms with Crippen LogP contribution in [-0.2, 0) is 4.79 Å². The van der Waals surface area contributed by atoms with Gasteiger partial charge in [0.2, 0.25) is 0 Å². The number of rotatable bonds is 5. The van der Waals surface area contributed by atoms with Gasteiger partial charge in [0.15, 0.2) is 0 Å². The largest absolute Gasteiger partial charge is 0.481 e. The number of carboxylic acid groups (broad SMARTS) is 1. The lowest BCUT2D eigenvalue weighted by atomic mass is 9.82. The second-order valence-corrected chi connectivity index (χ2v) is 5.00. The first-order valence-corrected chi connectivity index (χ1v) is 6.82. The number of nitrogens with one attached hydrogen (secondary N) is 1. The van der Waals surface area contributed by atoms with Gasteiger partial charge in [0.05, 0.1) is 5.41 Å². The van der Waals surface area contributed by atoms with Crippen LogP contribution in [0.15, 0.2) is 0 Å². The number of amides is 2. The molecule has 0 bridgehead atoms. The maximum Gasteiger partial charge on any atom is 0.317 e. The highest BCUT2D eigenvalue weighted by atomic mass is 16.4. The Hall–Kier alpha value is -1.26. The van der Waals surface area contributed by atoms with Crippen LogP contribution in [-0.4, -0.2) is 41.6 Å². The summed E-state index contributed by atoms with van der Waals surface area (Å²) < 4.78 is 0. The first-order valence-electron chi connectivity index (χ1n) is 6.82. The fourth-order valence-electron chi connectivity index (χ4n) is 2.33. The number of likely N-dealkylation sites (tertiary alicyclic amines) is 1. The van der Waals surface area contributed by atoms with Crippen LogP contribution in [0.5, 0.6) is 0 Å². The normalized spacial score (nSPS) is 16.4. The number of hydrogen-bond acceptors (Lipinski definition) is 2. The molecule has 0 spiro atoms. The molecule has 1 heterocycles. The Labute approximate surface area is 109 Å². The molecule has 0 atom stereocenters. The summed E-state index contributed by atoms with van der Waals surface area (Å²) in [6.45, 7) is 5.48. The average molecular weight is 256 g/mol. The monoisotopic (exact) mass is 256 g/mol. The summed E-state index contributed by atoms with van der Waals surface area (Å²) >= 11 is 0. The van der Waals surface area contributed by atoms with Crippen molar-refractivity contribution in [2.24, 2.45) is 5.41 Å². The third-order valence-corrected chi connectivity index (χ3v) is 4.03. The molecule has 5 nitrogen and oxygen atoms in total. The Morgan fingerprint density at radius 2 is 1.72 bits per heavy atom. The zero-order chi connectivity index (χ0) is 13.6. The zero-order valence-electron chi connectivity index (χ0n) is 11.4. The van der Waals surface area contributed by atoms with Gasteiger partial charge < -0.3 is 15.3 Å². The topological polar surface area (TPSA) is 69.6 Å². The van der Waals surface area contributed by atoms with Crippen molar-refractivity contribution in [3.8, 4) is 0 Å². The summed E-state index contributed by atoms with van der Waals surface area (Å²) in [6.07, 6.45) is 4.31. The summed E-state index contributed by atoms with van der Waals surface area (Å²) in [5.74, 6) is -0.827. The van der Waals surface area contributed by atoms with Crippen molar-refractivity contribution in [3.63, 3.8) is 0 Å². The molecular formula is C13H24N2O3. The third kappa shape index (κ3) is 3.37. The third-order valence-electron chi connectivity index (χ3n) is 4.03. The van der Waals surface area contributed by atoms with Gasteiger partial charge in [0, 0.05) is 19.6 Å². The molecule has 1 aliphatic heterocycles. The smallest absolute Gasteiger partial charge is 0.317 e. The van der Waals surface area contributed by atoms with Crippen molar-refractivity contribution >= 4 is 12.0 Å². The molecule has 104 valence electrons. The highest BCUT2D eigenvalue weighted by Gasteiger charge is 2.35. The minimum atomic E-state index is -0.828. The summed E-state index contributed by atoms with van der Waals surface area (Å²) in [5.41, 5.74) is -0.828. The minimum Gasteiger partial charge on any atom is -0.481 e. The second-order valence-electron chi connectivity index (χ2n) is 5.00. The van der Waals surface area contributed by atoms with Crippen molar-refractivity contribution in [1.82, 2.24) is 10.2 Å². The Morgan fingerprint density at radius 1 is 1.17 bits per heavy atom. The van der Waals surface area contributed by atoms with E-state index < -0.39 is 11.4 Å². The maximum atomic E-state index is 11.9. The Balaban J connectivity index is 2.51. The number of aliphatic carboxylic acids is 1. The van der Waals surface area contributed by atoms with Crippen LogP contribution in [0.4, 0.5) is 4.79 Å². The molecule has 2 N–H and O–H groups in total. The van der Waals surface area contributed by atoms with Gasteiger partial charge >= 0.3 is 12.0 Å². The second kappa shape index (κ2) is 6.61. The van der Waals surface area contributed by atoms with Crippen LogP contribution in [0.25, 0.3) is 0 Å². The lowest BCUT2D eigenvalue weighted by molar-refractivity contribution is -0.149. The Morgan fingerprint density at radius 3 is 2.17 bits per heavy atom. The number of nitrogens with zero attached hydrogens (tertiary/aromatic N) is 1. The molecule has 1 rings (SSSR count). The molecule has 0 saturated carbocycles. The molecule has 1 fully saturated rings. The first kappa shape index (κ1) is 14.8. The standard InChI is InChI=1S/C13H24N2O3/c1-3-13(4-2,11(16)17)10-14-12(18)15-8-6-5-7-9-15/h3-10H2,1-2H3,(H,14,18)(H,16,17). The Kier molecular flexibility index (Phi) is 5.44. The SMILES string of the molecule is CCC(CC)(CNC(=O)N1CCCCC1)C(=O)O. The average Bonchev–Trinajstić information content (AvgIpc) is 2.41. The van der Waals surface area contributed by atoms with Gasteiger partial charge in [-0.15, -0.1) is 0 Å². The van der Waals surface area contributed by atoms with E-state index in [1.54, 1.807) is 4.90 Å². The predicted octanol–water partition coefficient (Wildman–Crippen LogP) is 2.07. The lowest BCUT2D eigenvalue weighted by Crippen LogP contribution is -2.48. The fourth-order valence-corrected chi connectivity index (χ4v) is 2.33. The van der Waals surface area contributed by atoms with E-state index in [0.29, 0.717) is 12.8 Å². The quantitative estimate of drug-likeness (QED) is 0.791. The zero-order valence-corrected chi connectivity index (χ0v) is 11.4. The van der Waals surface area contributed by atoms with E-state index in [2.05, 4.69) is 5.32 Å². The minimum absolute atomic E-state index is 0.123. The Bertz CT molecular complexity index is 295.